The number of likely N-dealkylation sites (N-methyl/N-ethyl adjacent to an activating group) is 3. The van der Waals surface area contributed by atoms with Crippen LogP contribution in [0.25, 0.3) is 10.9 Å². The van der Waals surface area contributed by atoms with Crippen molar-refractivity contribution in [3.8, 4) is 6.07 Å². The van der Waals surface area contributed by atoms with Crippen LogP contribution >= 0.6 is 0 Å². The minimum atomic E-state index is -1.51. The summed E-state index contributed by atoms with van der Waals surface area (Å²) in [5.74, 6) is -5.33. The van der Waals surface area contributed by atoms with E-state index in [0.717, 1.165) is 36.0 Å². The molecule has 1 aromatic heterocycles. The first-order valence-corrected chi connectivity index (χ1v) is 24.6. The fraction of sp³-hybridized carbons (Fsp3) is 0.686. The molecule has 0 aliphatic rings. The minimum Gasteiger partial charge on any atom is -0.480 e. The molecule has 0 bridgehead atoms. The monoisotopic (exact) mass is 967 g/mol. The molecule has 1 aromatic carbocycles. The summed E-state index contributed by atoms with van der Waals surface area (Å²) >= 11 is 0. The van der Waals surface area contributed by atoms with Gasteiger partial charge in [-0.2, -0.15) is 9.99 Å². The van der Waals surface area contributed by atoms with Gasteiger partial charge in [0.2, 0.25) is 35.4 Å². The Morgan fingerprint density at radius 3 is 1.62 bits per heavy atom. The maximum atomic E-state index is 15.0. The number of aliphatic carboxylic acids is 1. The highest BCUT2D eigenvalue weighted by Gasteiger charge is 2.40. The Bertz CT molecular complexity index is 2070. The minimum absolute atomic E-state index is 0.00611. The Morgan fingerprint density at radius 1 is 0.681 bits per heavy atom. The van der Waals surface area contributed by atoms with Crippen LogP contribution in [0.4, 0.5) is 0 Å². The van der Waals surface area contributed by atoms with Crippen LogP contribution in [0.5, 0.6) is 0 Å². The number of carboxylic acids is 1. The average molecular weight is 967 g/mol. The SMILES string of the molecule is CCC[C@@H](C)C[C@H](NC(=O)[C@H](Cc1cn(OC)c2ccccc12)N(C)C(=O)[C@H](CC(C)C)NC(=O)[C@H](CC(C)C)N(C)C(=O)[C@H](C[C@H](C)CCC)NC(=O)[C@@H](O)CCC#N)C(=O)N(C)[C@@H](C)C(=O)O. The molecule has 18 heteroatoms. The molecule has 0 saturated carbocycles. The predicted octanol–water partition coefficient (Wildman–Crippen LogP) is 4.69. The summed E-state index contributed by atoms with van der Waals surface area (Å²) in [6.07, 6.45) is 3.93. The van der Waals surface area contributed by atoms with Crippen LogP contribution in [-0.2, 0) is 40.0 Å². The number of hydrogen-bond acceptors (Lipinski definition) is 10. The molecule has 5 N–H and O–H groups in total. The van der Waals surface area contributed by atoms with E-state index in [4.69, 9.17) is 10.1 Å². The van der Waals surface area contributed by atoms with E-state index in [9.17, 15) is 39.0 Å². The zero-order valence-electron chi connectivity index (χ0n) is 43.4. The number of nitrogens with one attached hydrogen (secondary N) is 3. The quantitative estimate of drug-likeness (QED) is 0.0719. The molecule has 1 heterocycles. The molecule has 2 rings (SSSR count). The number of para-hydroxylation sites is 1. The summed E-state index contributed by atoms with van der Waals surface area (Å²) in [7, 11) is 5.82. The molecule has 9 atom stereocenters. The molecule has 0 fully saturated rings. The van der Waals surface area contributed by atoms with Gasteiger partial charge >= 0.3 is 5.97 Å². The second kappa shape index (κ2) is 28.7. The number of aliphatic hydroxyl groups is 1. The summed E-state index contributed by atoms with van der Waals surface area (Å²) in [5.41, 5.74) is 1.37. The van der Waals surface area contributed by atoms with E-state index in [1.165, 1.54) is 45.0 Å². The van der Waals surface area contributed by atoms with Crippen LogP contribution < -0.4 is 20.8 Å². The van der Waals surface area contributed by atoms with Crippen molar-refractivity contribution in [1.29, 1.82) is 5.26 Å². The smallest absolute Gasteiger partial charge is 0.326 e. The lowest BCUT2D eigenvalue weighted by atomic mass is 9.94. The Hall–Kier alpha value is -5.70. The lowest BCUT2D eigenvalue weighted by molar-refractivity contribution is -0.150. The van der Waals surface area contributed by atoms with Gasteiger partial charge in [-0.1, -0.05) is 99.3 Å². The van der Waals surface area contributed by atoms with Crippen LogP contribution in [0.1, 0.15) is 132 Å². The van der Waals surface area contributed by atoms with Crippen LogP contribution in [0.2, 0.25) is 0 Å². The number of carbonyl (C=O) groups excluding carboxylic acids is 6. The number of amides is 6. The number of nitrogens with zero attached hydrogens (tertiary/aromatic N) is 5. The van der Waals surface area contributed by atoms with Gasteiger partial charge in [0.05, 0.1) is 11.6 Å². The first-order chi connectivity index (χ1) is 32.4. The van der Waals surface area contributed by atoms with E-state index in [0.29, 0.717) is 11.1 Å². The first kappa shape index (κ1) is 59.4. The second-order valence-electron chi connectivity index (χ2n) is 19.7. The molecule has 0 aliphatic heterocycles. The van der Waals surface area contributed by atoms with Gasteiger partial charge in [-0.25, -0.2) is 4.79 Å². The highest BCUT2D eigenvalue weighted by Crippen LogP contribution is 2.25. The average Bonchev–Trinajstić information content (AvgIpc) is 3.66. The highest BCUT2D eigenvalue weighted by molar-refractivity contribution is 5.97. The lowest BCUT2D eigenvalue weighted by Crippen LogP contribution is -2.60. The van der Waals surface area contributed by atoms with E-state index >= 15 is 4.79 Å². The fourth-order valence-corrected chi connectivity index (χ4v) is 8.73. The molecule has 0 spiro atoms. The maximum absolute atomic E-state index is 15.0. The largest absolute Gasteiger partial charge is 0.480 e. The number of benzene rings is 1. The number of aliphatic hydroxyl groups excluding tert-OH is 1. The molecule has 69 heavy (non-hydrogen) atoms. The molecule has 0 radical (unpaired) electrons. The van der Waals surface area contributed by atoms with E-state index < -0.39 is 83.8 Å². The predicted molar refractivity (Wildman–Crippen MR) is 264 cm³/mol. The topological polar surface area (TPSA) is 244 Å². The third-order valence-electron chi connectivity index (χ3n) is 12.8. The Labute approximate surface area is 409 Å². The van der Waals surface area contributed by atoms with Gasteiger partial charge in [0, 0.05) is 45.6 Å². The molecule has 18 nitrogen and oxygen atoms in total. The van der Waals surface area contributed by atoms with Crippen molar-refractivity contribution in [3.63, 3.8) is 0 Å². The number of fused-ring (bicyclic) bond motifs is 1. The van der Waals surface area contributed by atoms with Crippen molar-refractivity contribution in [2.24, 2.45) is 23.7 Å². The van der Waals surface area contributed by atoms with Crippen molar-refractivity contribution < 1.29 is 48.6 Å². The fourth-order valence-electron chi connectivity index (χ4n) is 8.73. The summed E-state index contributed by atoms with van der Waals surface area (Å²) in [6, 6.07) is 2.34. The Morgan fingerprint density at radius 2 is 1.14 bits per heavy atom. The maximum Gasteiger partial charge on any atom is 0.326 e. The van der Waals surface area contributed by atoms with Gasteiger partial charge in [-0.15, -0.1) is 0 Å². The number of aromatic nitrogens is 1. The molecular formula is C51H82N8O10. The molecule has 386 valence electrons. The van der Waals surface area contributed by atoms with Crippen molar-refractivity contribution >= 4 is 52.3 Å². The Kier molecular flexibility index (Phi) is 24.7. The van der Waals surface area contributed by atoms with Crippen molar-refractivity contribution in [2.45, 2.75) is 175 Å². The van der Waals surface area contributed by atoms with Gasteiger partial charge in [-0.3, -0.25) is 28.8 Å². The van der Waals surface area contributed by atoms with Gasteiger partial charge < -0.3 is 45.7 Å². The molecular weight excluding hydrogens is 885 g/mol. The molecule has 0 aliphatic carbocycles. The summed E-state index contributed by atoms with van der Waals surface area (Å²) < 4.78 is 1.55. The van der Waals surface area contributed by atoms with Crippen LogP contribution in [0, 0.1) is 35.0 Å². The summed E-state index contributed by atoms with van der Waals surface area (Å²) in [5, 5.41) is 38.5. The van der Waals surface area contributed by atoms with E-state index in [-0.39, 0.29) is 68.6 Å². The number of hydrogen-bond donors (Lipinski definition) is 5. The normalized spacial score (nSPS) is 15.3. The lowest BCUT2D eigenvalue weighted by Gasteiger charge is -2.36. The van der Waals surface area contributed by atoms with Crippen molar-refractivity contribution in [2.75, 3.05) is 28.3 Å². The van der Waals surface area contributed by atoms with Gasteiger partial charge in [0.25, 0.3) is 0 Å². The third-order valence-corrected chi connectivity index (χ3v) is 12.8. The number of nitriles is 1. The van der Waals surface area contributed by atoms with E-state index in [2.05, 4.69) is 16.0 Å². The van der Waals surface area contributed by atoms with Crippen LogP contribution in [-0.4, -0.2) is 142 Å². The first-order valence-electron chi connectivity index (χ1n) is 24.6. The van der Waals surface area contributed by atoms with Crippen LogP contribution in [0.3, 0.4) is 0 Å². The van der Waals surface area contributed by atoms with E-state index in [1.807, 2.05) is 85.7 Å². The number of carbonyl (C=O) groups is 7. The molecule has 0 unspecified atom stereocenters. The van der Waals surface area contributed by atoms with Crippen molar-refractivity contribution in [3.05, 3.63) is 36.0 Å². The van der Waals surface area contributed by atoms with Gasteiger partial charge in [0.1, 0.15) is 49.5 Å². The number of carboxylic acid groups (broad SMARTS) is 1. The third kappa shape index (κ3) is 17.6. The van der Waals surface area contributed by atoms with Crippen molar-refractivity contribution in [1.82, 2.24) is 35.4 Å². The van der Waals surface area contributed by atoms with E-state index in [1.54, 1.807) is 10.9 Å². The van der Waals surface area contributed by atoms with Gasteiger partial charge in [0.15, 0.2) is 0 Å². The zero-order chi connectivity index (χ0) is 52.3. The van der Waals surface area contributed by atoms with Gasteiger partial charge in [-0.05, 0) is 74.3 Å². The van der Waals surface area contributed by atoms with Crippen LogP contribution in [0.15, 0.2) is 30.5 Å². The summed E-state index contributed by atoms with van der Waals surface area (Å²) in [6.45, 7) is 16.8. The highest BCUT2D eigenvalue weighted by atomic mass is 16.6. The molecule has 6 amide bonds. The standard InChI is InChI=1S/C51H82N8O10/c1-14-19-33(7)27-39(48(64)56(10)35(9)51(67)68)54-46(62)43(29-36-30-59(69-13)41-22-17-16-21-37(36)41)58(12)49(65)38(25-31(3)4)53-45(61)42(26-32(5)6)57(11)50(66)40(28-34(8)20-15-2)55-47(63)44(60)23-18-24-52/h16-17,21-22,30-35,38-40,42-44,60H,14-15,18-20,23,25-29H2,1-13H3,(H,53,61)(H,54,62)(H,55,63)(H,67,68)/t33-,34-,35+,38+,39+,40+,42+,43+,44+/m1/s1. The summed E-state index contributed by atoms with van der Waals surface area (Å²) in [4.78, 5) is 107. The molecule has 0 saturated heterocycles. The Balaban J connectivity index is 2.69. The zero-order valence-corrected chi connectivity index (χ0v) is 43.4. The number of rotatable bonds is 30. The molecule has 2 aromatic rings. The second-order valence-corrected chi connectivity index (χ2v) is 19.7.